The number of likely N-dealkylation sites (tertiary alicyclic amines) is 1. The molecule has 152 valence electrons. The first kappa shape index (κ1) is 19.3. The number of aliphatic imine (C=N–C) groups is 1. The quantitative estimate of drug-likeness (QED) is 0.611. The minimum atomic E-state index is 0.311. The van der Waals surface area contributed by atoms with Crippen molar-refractivity contribution in [3.05, 3.63) is 36.1 Å². The molecule has 2 aliphatic heterocycles. The van der Waals surface area contributed by atoms with Crippen LogP contribution in [0.1, 0.15) is 31.4 Å². The third-order valence-corrected chi connectivity index (χ3v) is 5.63. The topological polar surface area (TPSA) is 59.2 Å². The molecule has 1 aromatic heterocycles. The summed E-state index contributed by atoms with van der Waals surface area (Å²) in [4.78, 5) is 6.78. The van der Waals surface area contributed by atoms with Crippen LogP contribution >= 0.6 is 0 Å². The summed E-state index contributed by atoms with van der Waals surface area (Å²) >= 11 is 0. The summed E-state index contributed by atoms with van der Waals surface area (Å²) < 4.78 is 17.6. The van der Waals surface area contributed by atoms with Crippen LogP contribution in [0.3, 0.4) is 0 Å². The van der Waals surface area contributed by atoms with Gasteiger partial charge >= 0.3 is 0 Å². The van der Waals surface area contributed by atoms with E-state index in [0.717, 1.165) is 81.2 Å². The average Bonchev–Trinajstić information content (AvgIpc) is 3.39. The zero-order valence-electron chi connectivity index (χ0n) is 16.7. The van der Waals surface area contributed by atoms with Gasteiger partial charge in [-0.05, 0) is 37.8 Å². The molecule has 6 heteroatoms. The number of hydrogen-bond donors (Lipinski definition) is 1. The maximum absolute atomic E-state index is 6.07. The molecular weight excluding hydrogens is 354 g/mol. The molecule has 0 bridgehead atoms. The molecule has 28 heavy (non-hydrogen) atoms. The molecule has 6 nitrogen and oxygen atoms in total. The molecule has 0 saturated carbocycles. The predicted octanol–water partition coefficient (Wildman–Crippen LogP) is 3.21. The fourth-order valence-corrected chi connectivity index (χ4v) is 4.04. The van der Waals surface area contributed by atoms with E-state index in [1.807, 2.05) is 25.2 Å². The molecule has 0 spiro atoms. The molecule has 3 heterocycles. The Morgan fingerprint density at radius 2 is 2.11 bits per heavy atom. The molecule has 2 aromatic rings. The second-order valence-corrected chi connectivity index (χ2v) is 7.63. The Labute approximate surface area is 166 Å². The van der Waals surface area contributed by atoms with Crippen molar-refractivity contribution in [2.45, 2.75) is 44.3 Å². The second-order valence-electron chi connectivity index (χ2n) is 7.63. The van der Waals surface area contributed by atoms with Crippen molar-refractivity contribution in [2.24, 2.45) is 4.99 Å². The van der Waals surface area contributed by atoms with E-state index < -0.39 is 0 Å². The molecule has 1 unspecified atom stereocenters. The fraction of sp³-hybridized carbons (Fsp3) is 0.591. The summed E-state index contributed by atoms with van der Waals surface area (Å²) in [7, 11) is 1.85. The van der Waals surface area contributed by atoms with Crippen LogP contribution in [0.25, 0.3) is 11.0 Å². The zero-order valence-corrected chi connectivity index (χ0v) is 16.7. The van der Waals surface area contributed by atoms with Crippen LogP contribution in [0.15, 0.2) is 39.7 Å². The van der Waals surface area contributed by atoms with Crippen LogP contribution in [0, 0.1) is 0 Å². The second kappa shape index (κ2) is 9.43. The van der Waals surface area contributed by atoms with Crippen molar-refractivity contribution in [1.82, 2.24) is 10.2 Å². The van der Waals surface area contributed by atoms with Crippen molar-refractivity contribution in [1.29, 1.82) is 0 Å². The largest absolute Gasteiger partial charge is 0.461 e. The van der Waals surface area contributed by atoms with Crippen molar-refractivity contribution in [3.63, 3.8) is 0 Å². The number of nitrogens with zero attached hydrogens (tertiary/aromatic N) is 2. The Bertz CT molecular complexity index is 741. The van der Waals surface area contributed by atoms with Gasteiger partial charge in [-0.2, -0.15) is 0 Å². The number of hydrogen-bond acceptors (Lipinski definition) is 4. The van der Waals surface area contributed by atoms with Crippen LogP contribution in [0.5, 0.6) is 0 Å². The van der Waals surface area contributed by atoms with Crippen LogP contribution in [0.2, 0.25) is 0 Å². The maximum Gasteiger partial charge on any atom is 0.193 e. The molecule has 1 atom stereocenters. The van der Waals surface area contributed by atoms with Gasteiger partial charge in [-0.1, -0.05) is 18.2 Å². The van der Waals surface area contributed by atoms with E-state index in [-0.39, 0.29) is 0 Å². The summed E-state index contributed by atoms with van der Waals surface area (Å²) in [5, 5.41) is 4.64. The van der Waals surface area contributed by atoms with E-state index in [0.29, 0.717) is 12.2 Å². The summed E-state index contributed by atoms with van der Waals surface area (Å²) in [6, 6.07) is 10.3. The minimum absolute atomic E-state index is 0.311. The van der Waals surface area contributed by atoms with Crippen LogP contribution in [0.4, 0.5) is 0 Å². The fourth-order valence-electron chi connectivity index (χ4n) is 4.04. The van der Waals surface area contributed by atoms with Crippen molar-refractivity contribution in [2.75, 3.05) is 39.9 Å². The first-order valence-corrected chi connectivity index (χ1v) is 10.5. The molecule has 0 aliphatic carbocycles. The first-order chi connectivity index (χ1) is 13.8. The molecule has 2 aliphatic rings. The lowest BCUT2D eigenvalue weighted by Gasteiger charge is -2.34. The molecule has 2 fully saturated rings. The van der Waals surface area contributed by atoms with Crippen molar-refractivity contribution >= 4 is 16.9 Å². The molecule has 2 saturated heterocycles. The third kappa shape index (κ3) is 4.86. The van der Waals surface area contributed by atoms with Gasteiger partial charge in [0, 0.05) is 45.1 Å². The molecular formula is C22H31N3O3. The van der Waals surface area contributed by atoms with Crippen molar-refractivity contribution < 1.29 is 13.9 Å². The average molecular weight is 386 g/mol. The van der Waals surface area contributed by atoms with E-state index >= 15 is 0 Å². The first-order valence-electron chi connectivity index (χ1n) is 10.5. The number of piperidine rings is 1. The monoisotopic (exact) mass is 385 g/mol. The predicted molar refractivity (Wildman–Crippen MR) is 111 cm³/mol. The Hall–Kier alpha value is -2.05. The highest BCUT2D eigenvalue weighted by atomic mass is 16.5. The van der Waals surface area contributed by atoms with Gasteiger partial charge in [-0.15, -0.1) is 0 Å². The van der Waals surface area contributed by atoms with E-state index in [1.165, 1.54) is 6.42 Å². The number of para-hydroxylation sites is 1. The molecule has 4 rings (SSSR count). The Balaban J connectivity index is 1.19. The maximum atomic E-state index is 6.07. The summed E-state index contributed by atoms with van der Waals surface area (Å²) in [5.41, 5.74) is 0.951. The lowest BCUT2D eigenvalue weighted by molar-refractivity contribution is -0.0367. The van der Waals surface area contributed by atoms with Gasteiger partial charge in [-0.3, -0.25) is 4.99 Å². The van der Waals surface area contributed by atoms with E-state index in [2.05, 4.69) is 27.3 Å². The molecule has 0 amide bonds. The highest BCUT2D eigenvalue weighted by Crippen LogP contribution is 2.19. The number of fused-ring (bicyclic) bond motifs is 1. The van der Waals surface area contributed by atoms with E-state index in [1.54, 1.807) is 0 Å². The van der Waals surface area contributed by atoms with Gasteiger partial charge < -0.3 is 24.1 Å². The standard InChI is InChI=1S/C22H31N3O3/c1-23-22(24-11-8-19-15-17-5-2-3-7-21(17)28-19)25-12-9-18(10-13-25)27-16-20-6-4-14-26-20/h2-3,5,7,15,18,20H,4,6,8-14,16H2,1H3,(H,23,24). The molecule has 1 aromatic carbocycles. The van der Waals surface area contributed by atoms with E-state index in [9.17, 15) is 0 Å². The SMILES string of the molecule is CN=C(NCCc1cc2ccccc2o1)N1CCC(OCC2CCCO2)CC1. The lowest BCUT2D eigenvalue weighted by atomic mass is 10.1. The van der Waals surface area contributed by atoms with Crippen molar-refractivity contribution in [3.8, 4) is 0 Å². The van der Waals surface area contributed by atoms with E-state index in [4.69, 9.17) is 13.9 Å². The van der Waals surface area contributed by atoms with Gasteiger partial charge in [0.1, 0.15) is 11.3 Å². The van der Waals surface area contributed by atoms with Gasteiger partial charge in [-0.25, -0.2) is 0 Å². The highest BCUT2D eigenvalue weighted by Gasteiger charge is 2.24. The summed E-state index contributed by atoms with van der Waals surface area (Å²) in [6.07, 6.45) is 5.88. The number of benzene rings is 1. The number of nitrogens with one attached hydrogen (secondary N) is 1. The zero-order chi connectivity index (χ0) is 19.2. The van der Waals surface area contributed by atoms with Gasteiger partial charge in [0.15, 0.2) is 5.96 Å². The van der Waals surface area contributed by atoms with Gasteiger partial charge in [0.2, 0.25) is 0 Å². The van der Waals surface area contributed by atoms with Crippen LogP contribution < -0.4 is 5.32 Å². The smallest absolute Gasteiger partial charge is 0.193 e. The number of ether oxygens (including phenoxy) is 2. The van der Waals surface area contributed by atoms with Crippen LogP contribution in [-0.4, -0.2) is 63.0 Å². The Morgan fingerprint density at radius 1 is 1.25 bits per heavy atom. The summed E-state index contributed by atoms with van der Waals surface area (Å²) in [5.74, 6) is 1.97. The number of furan rings is 1. The van der Waals surface area contributed by atoms with Gasteiger partial charge in [0.05, 0.1) is 18.8 Å². The van der Waals surface area contributed by atoms with Crippen LogP contribution in [-0.2, 0) is 15.9 Å². The number of guanidine groups is 1. The third-order valence-electron chi connectivity index (χ3n) is 5.63. The summed E-state index contributed by atoms with van der Waals surface area (Å²) in [6.45, 7) is 4.39. The Kier molecular flexibility index (Phi) is 6.49. The normalized spacial score (nSPS) is 21.5. The lowest BCUT2D eigenvalue weighted by Crippen LogP contribution is -2.47. The van der Waals surface area contributed by atoms with Gasteiger partial charge in [0.25, 0.3) is 0 Å². The molecule has 1 N–H and O–H groups in total. The molecule has 0 radical (unpaired) electrons. The number of rotatable bonds is 6. The highest BCUT2D eigenvalue weighted by molar-refractivity contribution is 5.80. The minimum Gasteiger partial charge on any atom is -0.461 e. The Morgan fingerprint density at radius 3 is 2.86 bits per heavy atom.